The Hall–Kier alpha value is -1.02. The molecule has 3 rings (SSSR count). The number of anilines is 1. The third-order valence-electron chi connectivity index (χ3n) is 4.43. The van der Waals surface area contributed by atoms with Crippen LogP contribution >= 0.6 is 0 Å². The molecule has 1 fully saturated rings. The molecule has 17 heavy (non-hydrogen) atoms. The van der Waals surface area contributed by atoms with E-state index >= 15 is 0 Å². The first kappa shape index (κ1) is 11.1. The fourth-order valence-corrected chi connectivity index (χ4v) is 3.13. The summed E-state index contributed by atoms with van der Waals surface area (Å²) in [7, 11) is 0. The molecule has 1 heterocycles. The lowest BCUT2D eigenvalue weighted by Gasteiger charge is -2.32. The molecule has 1 saturated carbocycles. The summed E-state index contributed by atoms with van der Waals surface area (Å²) in [6.07, 6.45) is 4.26. The highest BCUT2D eigenvalue weighted by Crippen LogP contribution is 2.39. The molecular weight excluding hydrogens is 208 g/mol. The minimum atomic E-state index is 0.252. The van der Waals surface area contributed by atoms with Crippen molar-refractivity contribution in [2.45, 2.75) is 38.1 Å². The quantitative estimate of drug-likeness (QED) is 0.865. The van der Waals surface area contributed by atoms with E-state index in [0.29, 0.717) is 5.92 Å². The van der Waals surface area contributed by atoms with E-state index in [-0.39, 0.29) is 6.04 Å². The van der Waals surface area contributed by atoms with E-state index in [4.69, 9.17) is 5.73 Å². The largest absolute Gasteiger partial charge is 0.370 e. The number of para-hydroxylation sites is 1. The summed E-state index contributed by atoms with van der Waals surface area (Å²) in [6.45, 7) is 4.49. The first-order chi connectivity index (χ1) is 8.25. The van der Waals surface area contributed by atoms with Gasteiger partial charge in [0, 0.05) is 30.7 Å². The van der Waals surface area contributed by atoms with Crippen molar-refractivity contribution in [1.82, 2.24) is 0 Å². The van der Waals surface area contributed by atoms with E-state index in [1.807, 2.05) is 0 Å². The van der Waals surface area contributed by atoms with Crippen LogP contribution in [0.15, 0.2) is 24.3 Å². The van der Waals surface area contributed by atoms with E-state index in [1.54, 1.807) is 0 Å². The van der Waals surface area contributed by atoms with Crippen LogP contribution in [0.3, 0.4) is 0 Å². The molecule has 1 aliphatic heterocycles. The van der Waals surface area contributed by atoms with Crippen molar-refractivity contribution in [3.8, 4) is 0 Å². The molecule has 0 amide bonds. The zero-order chi connectivity index (χ0) is 11.8. The normalized spacial score (nSPS) is 25.5. The summed E-state index contributed by atoms with van der Waals surface area (Å²) < 4.78 is 0. The van der Waals surface area contributed by atoms with Gasteiger partial charge in [0.2, 0.25) is 0 Å². The fourth-order valence-electron chi connectivity index (χ4n) is 3.13. The fraction of sp³-hybridized carbons (Fsp3) is 0.600. The van der Waals surface area contributed by atoms with Gasteiger partial charge in [0.25, 0.3) is 0 Å². The molecule has 92 valence electrons. The Bertz CT molecular complexity index is 396. The Balaban J connectivity index is 1.82. The number of fused-ring (bicyclic) bond motifs is 1. The van der Waals surface area contributed by atoms with Crippen molar-refractivity contribution in [3.05, 3.63) is 29.8 Å². The molecule has 0 radical (unpaired) electrons. The van der Waals surface area contributed by atoms with Crippen molar-refractivity contribution >= 4 is 5.69 Å². The Kier molecular flexibility index (Phi) is 2.83. The summed E-state index contributed by atoms with van der Waals surface area (Å²) >= 11 is 0. The standard InChI is InChI=1S/C15H22N2/c1-11(16)14-10-17(9-12-5-4-6-12)15-8-3-2-7-13(14)15/h2-3,7-8,11-12,14H,4-6,9-10,16H2,1H3. The van der Waals surface area contributed by atoms with E-state index in [2.05, 4.69) is 36.1 Å². The smallest absolute Gasteiger partial charge is 0.0403 e. The van der Waals surface area contributed by atoms with Gasteiger partial charge in [-0.2, -0.15) is 0 Å². The third kappa shape index (κ3) is 1.95. The van der Waals surface area contributed by atoms with E-state index in [0.717, 1.165) is 12.5 Å². The van der Waals surface area contributed by atoms with Crippen molar-refractivity contribution in [2.24, 2.45) is 11.7 Å². The molecule has 0 spiro atoms. The van der Waals surface area contributed by atoms with Gasteiger partial charge in [-0.05, 0) is 37.3 Å². The van der Waals surface area contributed by atoms with Crippen molar-refractivity contribution in [2.75, 3.05) is 18.0 Å². The number of benzene rings is 1. The summed E-state index contributed by atoms with van der Waals surface area (Å²) in [4.78, 5) is 2.56. The Morgan fingerprint density at radius 1 is 1.35 bits per heavy atom. The van der Waals surface area contributed by atoms with Crippen LogP contribution in [0.4, 0.5) is 5.69 Å². The van der Waals surface area contributed by atoms with Crippen LogP contribution in [0.25, 0.3) is 0 Å². The predicted molar refractivity (Wildman–Crippen MR) is 72.4 cm³/mol. The average molecular weight is 230 g/mol. The van der Waals surface area contributed by atoms with E-state index in [1.165, 1.54) is 37.1 Å². The second kappa shape index (κ2) is 4.34. The second-order valence-electron chi connectivity index (χ2n) is 5.73. The highest BCUT2D eigenvalue weighted by Gasteiger charge is 2.32. The Morgan fingerprint density at radius 2 is 2.12 bits per heavy atom. The molecule has 0 aromatic heterocycles. The van der Waals surface area contributed by atoms with Gasteiger partial charge >= 0.3 is 0 Å². The minimum absolute atomic E-state index is 0.252. The number of nitrogens with zero attached hydrogens (tertiary/aromatic N) is 1. The summed E-state index contributed by atoms with van der Waals surface area (Å²) in [5.74, 6) is 1.45. The highest BCUT2D eigenvalue weighted by atomic mass is 15.2. The zero-order valence-corrected chi connectivity index (χ0v) is 10.6. The van der Waals surface area contributed by atoms with Crippen LogP contribution in [0.1, 0.15) is 37.7 Å². The van der Waals surface area contributed by atoms with Crippen molar-refractivity contribution in [1.29, 1.82) is 0 Å². The van der Waals surface area contributed by atoms with Crippen LogP contribution < -0.4 is 10.6 Å². The van der Waals surface area contributed by atoms with Gasteiger partial charge < -0.3 is 10.6 Å². The number of hydrogen-bond acceptors (Lipinski definition) is 2. The Morgan fingerprint density at radius 3 is 2.76 bits per heavy atom. The maximum atomic E-state index is 6.13. The van der Waals surface area contributed by atoms with Gasteiger partial charge in [-0.3, -0.25) is 0 Å². The van der Waals surface area contributed by atoms with Gasteiger partial charge in [0.1, 0.15) is 0 Å². The van der Waals surface area contributed by atoms with Gasteiger partial charge in [-0.1, -0.05) is 24.6 Å². The molecule has 0 saturated heterocycles. The Labute approximate surface area is 104 Å². The van der Waals surface area contributed by atoms with E-state index in [9.17, 15) is 0 Å². The van der Waals surface area contributed by atoms with Crippen molar-refractivity contribution < 1.29 is 0 Å². The lowest BCUT2D eigenvalue weighted by molar-refractivity contribution is 0.317. The van der Waals surface area contributed by atoms with Gasteiger partial charge in [0.05, 0.1) is 0 Å². The third-order valence-corrected chi connectivity index (χ3v) is 4.43. The van der Waals surface area contributed by atoms with Gasteiger partial charge in [0.15, 0.2) is 0 Å². The molecule has 0 bridgehead atoms. The average Bonchev–Trinajstić information content (AvgIpc) is 2.63. The van der Waals surface area contributed by atoms with Crippen LogP contribution in [0.2, 0.25) is 0 Å². The summed E-state index contributed by atoms with van der Waals surface area (Å²) in [5, 5.41) is 0. The lowest BCUT2D eigenvalue weighted by Crippen LogP contribution is -2.34. The molecule has 2 unspecified atom stereocenters. The number of rotatable bonds is 3. The maximum Gasteiger partial charge on any atom is 0.0403 e. The number of hydrogen-bond donors (Lipinski definition) is 1. The first-order valence-corrected chi connectivity index (χ1v) is 6.85. The zero-order valence-electron chi connectivity index (χ0n) is 10.6. The van der Waals surface area contributed by atoms with Crippen LogP contribution in [-0.2, 0) is 0 Å². The minimum Gasteiger partial charge on any atom is -0.370 e. The van der Waals surface area contributed by atoms with Gasteiger partial charge in [-0.25, -0.2) is 0 Å². The highest BCUT2D eigenvalue weighted by molar-refractivity contribution is 5.60. The molecule has 2 aliphatic rings. The number of nitrogens with two attached hydrogens (primary N) is 1. The molecular formula is C15H22N2. The maximum absolute atomic E-state index is 6.13. The van der Waals surface area contributed by atoms with Crippen molar-refractivity contribution in [3.63, 3.8) is 0 Å². The summed E-state index contributed by atoms with van der Waals surface area (Å²) in [6, 6.07) is 9.06. The molecule has 1 aromatic rings. The van der Waals surface area contributed by atoms with Crippen LogP contribution in [0, 0.1) is 5.92 Å². The van der Waals surface area contributed by atoms with Crippen LogP contribution in [-0.4, -0.2) is 19.1 Å². The predicted octanol–water partition coefficient (Wildman–Crippen LogP) is 2.74. The van der Waals surface area contributed by atoms with Crippen LogP contribution in [0.5, 0.6) is 0 Å². The monoisotopic (exact) mass is 230 g/mol. The molecule has 2 atom stereocenters. The second-order valence-corrected chi connectivity index (χ2v) is 5.73. The summed E-state index contributed by atoms with van der Waals surface area (Å²) in [5.41, 5.74) is 9.02. The molecule has 1 aromatic carbocycles. The molecule has 2 N–H and O–H groups in total. The first-order valence-electron chi connectivity index (χ1n) is 6.85. The topological polar surface area (TPSA) is 29.3 Å². The van der Waals surface area contributed by atoms with Gasteiger partial charge in [-0.15, -0.1) is 0 Å². The SMILES string of the molecule is CC(N)C1CN(CC2CCC2)c2ccccc21. The molecule has 2 nitrogen and oxygen atoms in total. The molecule has 1 aliphatic carbocycles. The lowest BCUT2D eigenvalue weighted by atomic mass is 9.85. The van der Waals surface area contributed by atoms with E-state index < -0.39 is 0 Å². The molecule has 2 heteroatoms.